The zero-order chi connectivity index (χ0) is 15.5. The van der Waals surface area contributed by atoms with E-state index in [2.05, 4.69) is 25.3 Å². The molecule has 1 N–H and O–H groups in total. The van der Waals surface area contributed by atoms with Crippen molar-refractivity contribution in [2.75, 3.05) is 44.7 Å². The molecule has 3 heterocycles. The number of hydrogen-bond acceptors (Lipinski definition) is 6. The normalized spacial score (nSPS) is 15.5. The summed E-state index contributed by atoms with van der Waals surface area (Å²) in [5.41, 5.74) is 0.919. The summed E-state index contributed by atoms with van der Waals surface area (Å²) in [4.78, 5) is 24.7. The Morgan fingerprint density at radius 2 is 2.09 bits per heavy atom. The zero-order valence-corrected chi connectivity index (χ0v) is 13.0. The van der Waals surface area contributed by atoms with E-state index in [1.165, 1.54) is 6.33 Å². The third-order valence-electron chi connectivity index (χ3n) is 3.91. The van der Waals surface area contributed by atoms with Crippen molar-refractivity contribution in [3.8, 4) is 0 Å². The predicted octanol–water partition coefficient (Wildman–Crippen LogP) is -0.309. The summed E-state index contributed by atoms with van der Waals surface area (Å²) in [7, 11) is 1.86. The maximum Gasteiger partial charge on any atom is 0.254 e. The van der Waals surface area contributed by atoms with E-state index in [9.17, 15) is 4.79 Å². The molecule has 0 spiro atoms. The van der Waals surface area contributed by atoms with Crippen LogP contribution in [0.1, 0.15) is 12.1 Å². The molecule has 118 valence electrons. The van der Waals surface area contributed by atoms with Gasteiger partial charge in [0.15, 0.2) is 0 Å². The SMILES string of the molecule is CNCCC(=O)N1CCN(c2cc(C)nc3ncnn23)CC1. The van der Waals surface area contributed by atoms with Crippen molar-refractivity contribution < 1.29 is 4.79 Å². The second-order valence-corrected chi connectivity index (χ2v) is 5.45. The van der Waals surface area contributed by atoms with Crippen LogP contribution in [0.3, 0.4) is 0 Å². The molecule has 2 aromatic heterocycles. The number of piperazine rings is 1. The highest BCUT2D eigenvalue weighted by Gasteiger charge is 2.22. The Bertz CT molecular complexity index is 660. The van der Waals surface area contributed by atoms with E-state index in [-0.39, 0.29) is 5.91 Å². The van der Waals surface area contributed by atoms with E-state index in [1.54, 1.807) is 4.52 Å². The number of carbonyl (C=O) groups excluding carboxylic acids is 1. The summed E-state index contributed by atoms with van der Waals surface area (Å²) in [6, 6.07) is 2.01. The van der Waals surface area contributed by atoms with Crippen molar-refractivity contribution >= 4 is 17.5 Å². The molecule has 1 aliphatic heterocycles. The minimum Gasteiger partial charge on any atom is -0.353 e. The summed E-state index contributed by atoms with van der Waals surface area (Å²) in [6.07, 6.45) is 2.07. The largest absolute Gasteiger partial charge is 0.353 e. The summed E-state index contributed by atoms with van der Waals surface area (Å²) < 4.78 is 1.76. The monoisotopic (exact) mass is 303 g/mol. The molecular formula is C14H21N7O. The molecule has 0 bridgehead atoms. The Morgan fingerprint density at radius 1 is 1.32 bits per heavy atom. The average Bonchev–Trinajstić information content (AvgIpc) is 3.00. The highest BCUT2D eigenvalue weighted by molar-refractivity contribution is 5.76. The van der Waals surface area contributed by atoms with Crippen LogP contribution in [-0.2, 0) is 4.79 Å². The molecule has 22 heavy (non-hydrogen) atoms. The Kier molecular flexibility index (Phi) is 4.19. The van der Waals surface area contributed by atoms with Crippen LogP contribution in [0.15, 0.2) is 12.4 Å². The molecule has 2 aromatic rings. The molecule has 0 aliphatic carbocycles. The number of aromatic nitrogens is 4. The number of rotatable bonds is 4. The predicted molar refractivity (Wildman–Crippen MR) is 82.9 cm³/mol. The molecule has 0 saturated carbocycles. The van der Waals surface area contributed by atoms with Crippen molar-refractivity contribution in [1.29, 1.82) is 0 Å². The fraction of sp³-hybridized carbons (Fsp3) is 0.571. The number of fused-ring (bicyclic) bond motifs is 1. The molecule has 1 amide bonds. The van der Waals surface area contributed by atoms with Crippen LogP contribution in [0.4, 0.5) is 5.82 Å². The van der Waals surface area contributed by atoms with Gasteiger partial charge in [0.1, 0.15) is 12.1 Å². The lowest BCUT2D eigenvalue weighted by molar-refractivity contribution is -0.131. The highest BCUT2D eigenvalue weighted by Crippen LogP contribution is 2.18. The van der Waals surface area contributed by atoms with Crippen LogP contribution in [0.5, 0.6) is 0 Å². The first-order chi connectivity index (χ1) is 10.7. The number of carbonyl (C=O) groups is 1. The van der Waals surface area contributed by atoms with Gasteiger partial charge in [0.25, 0.3) is 5.78 Å². The summed E-state index contributed by atoms with van der Waals surface area (Å²) in [5, 5.41) is 7.25. The minimum atomic E-state index is 0.214. The molecule has 0 aromatic carbocycles. The Morgan fingerprint density at radius 3 is 2.82 bits per heavy atom. The third kappa shape index (κ3) is 2.87. The molecule has 1 saturated heterocycles. The van der Waals surface area contributed by atoms with Crippen molar-refractivity contribution in [2.24, 2.45) is 0 Å². The number of aryl methyl sites for hydroxylation is 1. The molecule has 8 heteroatoms. The van der Waals surface area contributed by atoms with Gasteiger partial charge >= 0.3 is 0 Å². The first kappa shape index (κ1) is 14.7. The quantitative estimate of drug-likeness (QED) is 0.835. The van der Waals surface area contributed by atoms with Gasteiger partial charge in [0.2, 0.25) is 5.91 Å². The van der Waals surface area contributed by atoms with Crippen molar-refractivity contribution in [2.45, 2.75) is 13.3 Å². The van der Waals surface area contributed by atoms with Crippen LogP contribution >= 0.6 is 0 Å². The lowest BCUT2D eigenvalue weighted by Crippen LogP contribution is -2.49. The second kappa shape index (κ2) is 6.27. The van der Waals surface area contributed by atoms with Gasteiger partial charge < -0.3 is 15.1 Å². The van der Waals surface area contributed by atoms with Crippen LogP contribution in [0, 0.1) is 6.92 Å². The molecule has 0 atom stereocenters. The maximum absolute atomic E-state index is 12.1. The summed E-state index contributed by atoms with van der Waals surface area (Å²) in [5.74, 6) is 1.82. The summed E-state index contributed by atoms with van der Waals surface area (Å²) in [6.45, 7) is 5.74. The van der Waals surface area contributed by atoms with Crippen LogP contribution in [0.25, 0.3) is 5.78 Å². The molecule has 1 fully saturated rings. The zero-order valence-electron chi connectivity index (χ0n) is 13.0. The van der Waals surface area contributed by atoms with Gasteiger partial charge in [-0.2, -0.15) is 14.6 Å². The van der Waals surface area contributed by atoms with E-state index in [0.29, 0.717) is 12.2 Å². The Labute approximate surface area is 129 Å². The minimum absolute atomic E-state index is 0.214. The average molecular weight is 303 g/mol. The number of nitrogens with one attached hydrogen (secondary N) is 1. The number of nitrogens with zero attached hydrogens (tertiary/aromatic N) is 6. The van der Waals surface area contributed by atoms with E-state index >= 15 is 0 Å². The van der Waals surface area contributed by atoms with Crippen molar-refractivity contribution in [1.82, 2.24) is 29.8 Å². The van der Waals surface area contributed by atoms with Crippen LogP contribution in [-0.4, -0.2) is 70.2 Å². The Balaban J connectivity index is 1.70. The number of amides is 1. The third-order valence-corrected chi connectivity index (χ3v) is 3.91. The molecule has 1 aliphatic rings. The lowest BCUT2D eigenvalue weighted by Gasteiger charge is -2.36. The topological polar surface area (TPSA) is 78.7 Å². The molecular weight excluding hydrogens is 282 g/mol. The van der Waals surface area contributed by atoms with Gasteiger partial charge in [0, 0.05) is 50.9 Å². The highest BCUT2D eigenvalue weighted by atomic mass is 16.2. The summed E-state index contributed by atoms with van der Waals surface area (Å²) >= 11 is 0. The maximum atomic E-state index is 12.1. The number of anilines is 1. The fourth-order valence-corrected chi connectivity index (χ4v) is 2.71. The van der Waals surface area contributed by atoms with E-state index in [0.717, 1.165) is 44.2 Å². The van der Waals surface area contributed by atoms with E-state index in [4.69, 9.17) is 0 Å². The molecule has 8 nitrogen and oxygen atoms in total. The van der Waals surface area contributed by atoms with Crippen LogP contribution in [0.2, 0.25) is 0 Å². The smallest absolute Gasteiger partial charge is 0.254 e. The van der Waals surface area contributed by atoms with Gasteiger partial charge in [-0.15, -0.1) is 0 Å². The number of hydrogen-bond donors (Lipinski definition) is 1. The molecule has 0 unspecified atom stereocenters. The van der Waals surface area contributed by atoms with Gasteiger partial charge in [-0.05, 0) is 14.0 Å². The van der Waals surface area contributed by atoms with Gasteiger partial charge in [-0.3, -0.25) is 4.79 Å². The Hall–Kier alpha value is -2.22. The van der Waals surface area contributed by atoms with Gasteiger partial charge in [-0.1, -0.05) is 0 Å². The van der Waals surface area contributed by atoms with Crippen LogP contribution < -0.4 is 10.2 Å². The first-order valence-corrected chi connectivity index (χ1v) is 7.54. The second-order valence-electron chi connectivity index (χ2n) is 5.45. The molecule has 3 rings (SSSR count). The lowest BCUT2D eigenvalue weighted by atomic mass is 10.2. The van der Waals surface area contributed by atoms with Crippen molar-refractivity contribution in [3.05, 3.63) is 18.1 Å². The van der Waals surface area contributed by atoms with Gasteiger partial charge in [0.05, 0.1) is 0 Å². The molecule has 0 radical (unpaired) electrons. The van der Waals surface area contributed by atoms with E-state index < -0.39 is 0 Å². The van der Waals surface area contributed by atoms with E-state index in [1.807, 2.05) is 24.9 Å². The fourth-order valence-electron chi connectivity index (χ4n) is 2.71. The van der Waals surface area contributed by atoms with Crippen molar-refractivity contribution in [3.63, 3.8) is 0 Å². The first-order valence-electron chi connectivity index (χ1n) is 7.54. The van der Waals surface area contributed by atoms with Gasteiger partial charge in [-0.25, -0.2) is 4.98 Å². The standard InChI is InChI=1S/C14H21N7O/c1-11-9-12(21-14(18-11)16-10-17-21)19-5-7-20(8-6-19)13(22)3-4-15-2/h9-10,15H,3-8H2,1-2H3.